The molecule has 0 saturated carbocycles. The number of aromatic nitrogens is 2. The first kappa shape index (κ1) is 19.9. The summed E-state index contributed by atoms with van der Waals surface area (Å²) in [5.41, 5.74) is 2.20. The molecular formula is C22H24N4O4. The lowest BCUT2D eigenvalue weighted by molar-refractivity contribution is -0.130. The maximum Gasteiger partial charge on any atom is 0.249 e. The average Bonchev–Trinajstić information content (AvgIpc) is 3.41. The predicted molar refractivity (Wildman–Crippen MR) is 112 cm³/mol. The molecule has 0 radical (unpaired) electrons. The quantitative estimate of drug-likeness (QED) is 0.626. The molecule has 1 aliphatic heterocycles. The largest absolute Gasteiger partial charge is 0.495 e. The minimum Gasteiger partial charge on any atom is -0.495 e. The number of nitrogens with zero attached hydrogens (tertiary/aromatic N) is 2. The molecule has 1 fully saturated rings. The van der Waals surface area contributed by atoms with Crippen LogP contribution in [0.4, 0.5) is 5.69 Å². The molecule has 2 heterocycles. The molecule has 0 aliphatic carbocycles. The number of hydrogen-bond donors (Lipinski definition) is 2. The van der Waals surface area contributed by atoms with Gasteiger partial charge in [0.1, 0.15) is 24.2 Å². The summed E-state index contributed by atoms with van der Waals surface area (Å²) >= 11 is 0. The van der Waals surface area contributed by atoms with Crippen LogP contribution in [-0.4, -0.2) is 41.2 Å². The van der Waals surface area contributed by atoms with Gasteiger partial charge in [0.15, 0.2) is 0 Å². The third kappa shape index (κ3) is 4.28. The molecule has 1 atom stereocenters. The maximum absolute atomic E-state index is 12.8. The number of para-hydroxylation sites is 4. The topological polar surface area (TPSA) is 94.5 Å². The molecule has 8 heteroatoms. The van der Waals surface area contributed by atoms with Gasteiger partial charge in [0.05, 0.1) is 30.4 Å². The van der Waals surface area contributed by atoms with Crippen molar-refractivity contribution in [3.8, 4) is 5.75 Å². The van der Waals surface area contributed by atoms with Crippen LogP contribution in [0.1, 0.15) is 18.7 Å². The lowest BCUT2D eigenvalue weighted by atomic mass is 10.2. The number of benzene rings is 2. The molecule has 2 aromatic carbocycles. The lowest BCUT2D eigenvalue weighted by Gasteiger charge is -2.13. The Bertz CT molecular complexity index is 1060. The van der Waals surface area contributed by atoms with E-state index in [9.17, 15) is 9.59 Å². The number of carbonyl (C=O) groups excluding carboxylic acids is 2. The number of nitrogens with one attached hydrogen (secondary N) is 2. The number of ether oxygens (including phenoxy) is 2. The molecule has 2 N–H and O–H groups in total. The van der Waals surface area contributed by atoms with Gasteiger partial charge in [-0.1, -0.05) is 24.3 Å². The second-order valence-corrected chi connectivity index (χ2v) is 7.07. The fourth-order valence-electron chi connectivity index (χ4n) is 3.58. The predicted octanol–water partition coefficient (Wildman–Crippen LogP) is 2.48. The number of fused-ring (bicyclic) bond motifs is 1. The van der Waals surface area contributed by atoms with Gasteiger partial charge in [-0.25, -0.2) is 4.98 Å². The Morgan fingerprint density at radius 1 is 1.20 bits per heavy atom. The normalized spacial score (nSPS) is 15.8. The van der Waals surface area contributed by atoms with Gasteiger partial charge in [0.25, 0.3) is 0 Å². The van der Waals surface area contributed by atoms with Gasteiger partial charge in [-0.05, 0) is 37.1 Å². The summed E-state index contributed by atoms with van der Waals surface area (Å²) in [5, 5.41) is 5.77. The van der Waals surface area contributed by atoms with Crippen molar-refractivity contribution in [2.45, 2.75) is 32.0 Å². The third-order valence-corrected chi connectivity index (χ3v) is 5.06. The van der Waals surface area contributed by atoms with Crippen LogP contribution < -0.4 is 15.4 Å². The van der Waals surface area contributed by atoms with Crippen molar-refractivity contribution >= 4 is 28.5 Å². The summed E-state index contributed by atoms with van der Waals surface area (Å²) in [4.78, 5) is 29.7. The van der Waals surface area contributed by atoms with Crippen molar-refractivity contribution in [1.82, 2.24) is 14.9 Å². The fraction of sp³-hybridized carbons (Fsp3) is 0.318. The summed E-state index contributed by atoms with van der Waals surface area (Å²) in [6, 6.07) is 14.8. The van der Waals surface area contributed by atoms with Gasteiger partial charge >= 0.3 is 0 Å². The van der Waals surface area contributed by atoms with E-state index >= 15 is 0 Å². The van der Waals surface area contributed by atoms with E-state index in [1.54, 1.807) is 19.2 Å². The Labute approximate surface area is 174 Å². The van der Waals surface area contributed by atoms with Gasteiger partial charge in [0.2, 0.25) is 11.8 Å². The first-order valence-electron chi connectivity index (χ1n) is 9.92. The van der Waals surface area contributed by atoms with Crippen LogP contribution in [0.15, 0.2) is 48.5 Å². The molecule has 8 nitrogen and oxygen atoms in total. The zero-order chi connectivity index (χ0) is 20.9. The van der Waals surface area contributed by atoms with E-state index in [2.05, 4.69) is 15.6 Å². The summed E-state index contributed by atoms with van der Waals surface area (Å²) in [7, 11) is 1.56. The Morgan fingerprint density at radius 3 is 2.80 bits per heavy atom. The lowest BCUT2D eigenvalue weighted by Crippen LogP contribution is -2.34. The number of rotatable bonds is 7. The molecule has 0 bridgehead atoms. The van der Waals surface area contributed by atoms with E-state index in [1.165, 1.54) is 0 Å². The van der Waals surface area contributed by atoms with Crippen LogP contribution in [0.2, 0.25) is 0 Å². The minimum absolute atomic E-state index is 0.0592. The molecule has 4 rings (SSSR count). The van der Waals surface area contributed by atoms with Gasteiger partial charge in [-0.15, -0.1) is 0 Å². The second kappa shape index (κ2) is 8.96. The monoisotopic (exact) mass is 408 g/mol. The van der Waals surface area contributed by atoms with E-state index in [0.717, 1.165) is 23.9 Å². The maximum atomic E-state index is 12.8. The number of imidazole rings is 1. The number of hydrogen-bond acceptors (Lipinski definition) is 5. The zero-order valence-corrected chi connectivity index (χ0v) is 16.8. The van der Waals surface area contributed by atoms with Gasteiger partial charge in [-0.2, -0.15) is 0 Å². The highest BCUT2D eigenvalue weighted by Gasteiger charge is 2.24. The van der Waals surface area contributed by atoms with Crippen LogP contribution in [0.5, 0.6) is 5.75 Å². The van der Waals surface area contributed by atoms with Crippen molar-refractivity contribution in [3.05, 3.63) is 54.4 Å². The highest BCUT2D eigenvalue weighted by atomic mass is 16.5. The number of anilines is 1. The van der Waals surface area contributed by atoms with E-state index in [0.29, 0.717) is 23.9 Å². The van der Waals surface area contributed by atoms with Crippen LogP contribution in [0.25, 0.3) is 11.0 Å². The van der Waals surface area contributed by atoms with E-state index in [-0.39, 0.29) is 24.9 Å². The molecule has 1 saturated heterocycles. The Kier molecular flexibility index (Phi) is 5.94. The number of methoxy groups -OCH3 is 1. The zero-order valence-electron chi connectivity index (χ0n) is 16.8. The van der Waals surface area contributed by atoms with Crippen molar-refractivity contribution in [2.75, 3.05) is 19.0 Å². The van der Waals surface area contributed by atoms with E-state index < -0.39 is 6.10 Å². The van der Waals surface area contributed by atoms with Crippen molar-refractivity contribution in [2.24, 2.45) is 0 Å². The first-order chi connectivity index (χ1) is 14.7. The van der Waals surface area contributed by atoms with Crippen molar-refractivity contribution in [1.29, 1.82) is 0 Å². The Morgan fingerprint density at radius 2 is 2.00 bits per heavy atom. The molecule has 1 aromatic heterocycles. The van der Waals surface area contributed by atoms with E-state index in [1.807, 2.05) is 41.0 Å². The Balaban J connectivity index is 1.52. The van der Waals surface area contributed by atoms with E-state index in [4.69, 9.17) is 9.47 Å². The summed E-state index contributed by atoms with van der Waals surface area (Å²) in [5.74, 6) is 0.835. The smallest absolute Gasteiger partial charge is 0.249 e. The SMILES string of the molecule is COc1ccccc1NC(=O)Cn1c(CNC(=O)C2CCCO2)nc2ccccc21. The molecule has 1 unspecified atom stereocenters. The Hall–Kier alpha value is -3.39. The van der Waals surface area contributed by atoms with Gasteiger partial charge < -0.3 is 24.7 Å². The molecular weight excluding hydrogens is 384 g/mol. The highest BCUT2D eigenvalue weighted by molar-refractivity contribution is 5.93. The molecule has 156 valence electrons. The van der Waals surface area contributed by atoms with Crippen molar-refractivity contribution < 1.29 is 19.1 Å². The van der Waals surface area contributed by atoms with Crippen molar-refractivity contribution in [3.63, 3.8) is 0 Å². The molecule has 0 spiro atoms. The van der Waals surface area contributed by atoms with Gasteiger partial charge in [0, 0.05) is 6.61 Å². The van der Waals surface area contributed by atoms with Crippen LogP contribution in [0.3, 0.4) is 0 Å². The molecule has 2 amide bonds. The molecule has 1 aliphatic rings. The minimum atomic E-state index is -0.406. The summed E-state index contributed by atoms with van der Waals surface area (Å²) < 4.78 is 12.5. The highest BCUT2D eigenvalue weighted by Crippen LogP contribution is 2.23. The van der Waals surface area contributed by atoms with Crippen LogP contribution in [0, 0.1) is 0 Å². The third-order valence-electron chi connectivity index (χ3n) is 5.06. The number of amides is 2. The number of carbonyl (C=O) groups is 2. The summed E-state index contributed by atoms with van der Waals surface area (Å²) in [6.07, 6.45) is 1.21. The van der Waals surface area contributed by atoms with Gasteiger partial charge in [-0.3, -0.25) is 9.59 Å². The second-order valence-electron chi connectivity index (χ2n) is 7.07. The summed E-state index contributed by atoms with van der Waals surface area (Å²) in [6.45, 7) is 0.888. The molecule has 30 heavy (non-hydrogen) atoms. The van der Waals surface area contributed by atoms with Crippen LogP contribution >= 0.6 is 0 Å². The molecule has 3 aromatic rings. The first-order valence-corrected chi connectivity index (χ1v) is 9.92. The average molecular weight is 408 g/mol. The van der Waals surface area contributed by atoms with Crippen LogP contribution in [-0.2, 0) is 27.4 Å². The fourth-order valence-corrected chi connectivity index (χ4v) is 3.58. The standard InChI is InChI=1S/C22H24N4O4/c1-29-18-10-5-3-8-16(18)25-21(27)14-26-17-9-4-2-7-15(17)24-20(26)13-23-22(28)19-11-6-12-30-19/h2-5,7-10,19H,6,11-14H2,1H3,(H,23,28)(H,25,27).